The number of rotatable bonds is 4. The van der Waals surface area contributed by atoms with E-state index in [1.54, 1.807) is 11.0 Å². The molecule has 0 spiro atoms. The monoisotopic (exact) mass is 491 g/mol. The minimum atomic E-state index is -1.60. The van der Waals surface area contributed by atoms with Crippen LogP contribution in [0.2, 0.25) is 0 Å². The first kappa shape index (κ1) is 24.0. The average molecular weight is 491 g/mol. The van der Waals surface area contributed by atoms with Crippen LogP contribution in [0.5, 0.6) is 11.5 Å². The summed E-state index contributed by atoms with van der Waals surface area (Å²) >= 11 is 0. The third-order valence-electron chi connectivity index (χ3n) is 7.48. The fourth-order valence-electron chi connectivity index (χ4n) is 5.55. The standard InChI is InChI=1S/C24H29NO10/c1-2-11-13-6-15-12-7-17(28)16(27)5-10(12)3-4-25(15)22(32)14(13)9-33-23(11)35-24-21(31)20(30)19(29)18(8-26)34-24/h2,5,7,9,11,13,15,18-21,23-24,26-31H,1,3-4,6,8H2/t11-,13?,15+,18-,19-,20+,21-,23+,24+/m1/s1. The first-order chi connectivity index (χ1) is 16.7. The second-order valence-electron chi connectivity index (χ2n) is 9.37. The molecule has 0 aromatic heterocycles. The SMILES string of the molecule is C=C[C@@H]1C2C[C@H]3c4cc(O)c(O)cc4CCN3C(=O)C2=CO[C@H]1O[C@@H]1O[C@H](CO)[C@@H](O)[C@H](O)[C@H]1O. The number of phenols is 2. The lowest BCUT2D eigenvalue weighted by Crippen LogP contribution is -2.60. The molecular formula is C24H29NO10. The van der Waals surface area contributed by atoms with Crippen molar-refractivity contribution in [3.05, 3.63) is 47.7 Å². The Morgan fingerprint density at radius 2 is 1.86 bits per heavy atom. The van der Waals surface area contributed by atoms with Gasteiger partial charge < -0.3 is 49.7 Å². The van der Waals surface area contributed by atoms with E-state index >= 15 is 0 Å². The van der Waals surface area contributed by atoms with Gasteiger partial charge in [0.15, 0.2) is 17.8 Å². The molecule has 35 heavy (non-hydrogen) atoms. The molecule has 6 N–H and O–H groups in total. The number of benzene rings is 1. The smallest absolute Gasteiger partial charge is 0.253 e. The molecule has 0 bridgehead atoms. The average Bonchev–Trinajstić information content (AvgIpc) is 2.85. The van der Waals surface area contributed by atoms with E-state index in [9.17, 15) is 35.4 Å². The summed E-state index contributed by atoms with van der Waals surface area (Å²) < 4.78 is 17.0. The van der Waals surface area contributed by atoms with Crippen molar-refractivity contribution in [2.75, 3.05) is 13.2 Å². The van der Waals surface area contributed by atoms with Gasteiger partial charge in [-0.05, 0) is 36.1 Å². The molecule has 0 aliphatic carbocycles. The Kier molecular flexibility index (Phi) is 6.24. The van der Waals surface area contributed by atoms with E-state index < -0.39 is 49.5 Å². The number of aliphatic hydroxyl groups excluding tert-OH is 4. The van der Waals surface area contributed by atoms with Crippen LogP contribution in [-0.4, -0.2) is 91.6 Å². The van der Waals surface area contributed by atoms with Crippen LogP contribution in [0.4, 0.5) is 0 Å². The Morgan fingerprint density at radius 1 is 1.11 bits per heavy atom. The van der Waals surface area contributed by atoms with Crippen molar-refractivity contribution in [3.63, 3.8) is 0 Å². The molecule has 5 rings (SSSR count). The molecule has 4 aliphatic heterocycles. The first-order valence-electron chi connectivity index (χ1n) is 11.5. The summed E-state index contributed by atoms with van der Waals surface area (Å²) in [7, 11) is 0. The highest BCUT2D eigenvalue weighted by Gasteiger charge is 2.50. The Hall–Kier alpha value is -2.67. The minimum Gasteiger partial charge on any atom is -0.504 e. The predicted molar refractivity (Wildman–Crippen MR) is 118 cm³/mol. The summed E-state index contributed by atoms with van der Waals surface area (Å²) in [4.78, 5) is 15.1. The van der Waals surface area contributed by atoms with Crippen LogP contribution >= 0.6 is 0 Å². The van der Waals surface area contributed by atoms with Crippen LogP contribution in [0, 0.1) is 11.8 Å². The van der Waals surface area contributed by atoms with E-state index in [4.69, 9.17) is 14.2 Å². The van der Waals surface area contributed by atoms with Crippen molar-refractivity contribution in [3.8, 4) is 11.5 Å². The highest BCUT2D eigenvalue weighted by molar-refractivity contribution is 5.95. The second-order valence-corrected chi connectivity index (χ2v) is 9.37. The lowest BCUT2D eigenvalue weighted by Gasteiger charge is -2.48. The molecule has 11 heteroatoms. The first-order valence-corrected chi connectivity index (χ1v) is 11.5. The van der Waals surface area contributed by atoms with Gasteiger partial charge in [-0.15, -0.1) is 6.58 Å². The van der Waals surface area contributed by atoms with Gasteiger partial charge in [-0.25, -0.2) is 0 Å². The number of nitrogens with zero attached hydrogens (tertiary/aromatic N) is 1. The van der Waals surface area contributed by atoms with Crippen molar-refractivity contribution in [1.29, 1.82) is 0 Å². The number of aromatic hydroxyl groups is 2. The molecule has 0 radical (unpaired) electrons. The van der Waals surface area contributed by atoms with Gasteiger partial charge in [0.2, 0.25) is 6.29 Å². The third kappa shape index (κ3) is 3.88. The maximum absolute atomic E-state index is 13.4. The van der Waals surface area contributed by atoms with Crippen molar-refractivity contribution in [2.24, 2.45) is 11.8 Å². The fraction of sp³-hybridized carbons (Fsp3) is 0.542. The van der Waals surface area contributed by atoms with Gasteiger partial charge in [-0.2, -0.15) is 0 Å². The van der Waals surface area contributed by atoms with Crippen LogP contribution in [0.1, 0.15) is 23.6 Å². The molecule has 1 unspecified atom stereocenters. The van der Waals surface area contributed by atoms with E-state index in [0.29, 0.717) is 25.0 Å². The number of carbonyl (C=O) groups is 1. The van der Waals surface area contributed by atoms with Gasteiger partial charge in [0, 0.05) is 18.4 Å². The van der Waals surface area contributed by atoms with Crippen molar-refractivity contribution < 1.29 is 49.6 Å². The van der Waals surface area contributed by atoms with Crippen molar-refractivity contribution >= 4 is 5.91 Å². The van der Waals surface area contributed by atoms with E-state index in [2.05, 4.69) is 6.58 Å². The number of amides is 1. The summed E-state index contributed by atoms with van der Waals surface area (Å²) in [6.07, 6.45) is -4.35. The number of hydrogen-bond donors (Lipinski definition) is 6. The summed E-state index contributed by atoms with van der Waals surface area (Å²) in [5.74, 6) is -1.57. The van der Waals surface area contributed by atoms with Gasteiger partial charge in [0.25, 0.3) is 5.91 Å². The van der Waals surface area contributed by atoms with E-state index in [0.717, 1.165) is 11.1 Å². The highest BCUT2D eigenvalue weighted by atomic mass is 16.8. The number of aliphatic hydroxyl groups is 4. The molecule has 1 aromatic rings. The molecular weight excluding hydrogens is 462 g/mol. The molecule has 4 heterocycles. The van der Waals surface area contributed by atoms with E-state index in [1.165, 1.54) is 18.4 Å². The fourth-order valence-corrected chi connectivity index (χ4v) is 5.55. The van der Waals surface area contributed by atoms with Crippen LogP contribution in [-0.2, 0) is 25.4 Å². The van der Waals surface area contributed by atoms with Crippen LogP contribution in [0.25, 0.3) is 0 Å². The van der Waals surface area contributed by atoms with Crippen LogP contribution < -0.4 is 0 Å². The molecule has 0 saturated carbocycles. The molecule has 4 aliphatic rings. The number of hydrogen-bond acceptors (Lipinski definition) is 10. The van der Waals surface area contributed by atoms with Gasteiger partial charge in [0.05, 0.1) is 24.5 Å². The third-order valence-corrected chi connectivity index (χ3v) is 7.48. The number of phenolic OH excluding ortho intramolecular Hbond substituents is 2. The quantitative estimate of drug-likeness (QED) is 0.236. The number of fused-ring (bicyclic) bond motifs is 4. The summed E-state index contributed by atoms with van der Waals surface area (Å²) in [5.41, 5.74) is 2.07. The molecule has 190 valence electrons. The Balaban J connectivity index is 1.41. The largest absolute Gasteiger partial charge is 0.504 e. The van der Waals surface area contributed by atoms with E-state index in [-0.39, 0.29) is 29.4 Å². The molecule has 1 amide bonds. The normalized spacial score (nSPS) is 38.5. The molecule has 1 aromatic carbocycles. The molecule has 2 saturated heterocycles. The summed E-state index contributed by atoms with van der Waals surface area (Å²) in [5, 5.41) is 59.9. The zero-order valence-electron chi connectivity index (χ0n) is 18.8. The molecule has 11 nitrogen and oxygen atoms in total. The lowest BCUT2D eigenvalue weighted by atomic mass is 9.73. The number of carbonyl (C=O) groups excluding carboxylic acids is 1. The summed E-state index contributed by atoms with van der Waals surface area (Å²) in [6.45, 7) is 3.73. The number of piperidine rings is 1. The maximum Gasteiger partial charge on any atom is 0.253 e. The highest BCUT2D eigenvalue weighted by Crippen LogP contribution is 2.49. The Labute approximate surface area is 201 Å². The zero-order valence-corrected chi connectivity index (χ0v) is 18.8. The molecule has 2 fully saturated rings. The second kappa shape index (κ2) is 9.08. The lowest BCUT2D eigenvalue weighted by molar-refractivity contribution is -0.339. The van der Waals surface area contributed by atoms with Gasteiger partial charge in [0.1, 0.15) is 24.4 Å². The minimum absolute atomic E-state index is 0.206. The van der Waals surface area contributed by atoms with Crippen LogP contribution in [0.15, 0.2) is 36.6 Å². The van der Waals surface area contributed by atoms with Gasteiger partial charge in [-0.3, -0.25) is 4.79 Å². The van der Waals surface area contributed by atoms with Crippen molar-refractivity contribution in [1.82, 2.24) is 4.90 Å². The van der Waals surface area contributed by atoms with Crippen LogP contribution in [0.3, 0.4) is 0 Å². The zero-order chi connectivity index (χ0) is 25.0. The van der Waals surface area contributed by atoms with Gasteiger partial charge >= 0.3 is 0 Å². The maximum atomic E-state index is 13.4. The number of ether oxygens (including phenoxy) is 3. The van der Waals surface area contributed by atoms with Gasteiger partial charge in [-0.1, -0.05) is 6.08 Å². The topological polar surface area (TPSA) is 169 Å². The molecule has 9 atom stereocenters. The Bertz CT molecular complexity index is 1040. The van der Waals surface area contributed by atoms with Crippen molar-refractivity contribution in [2.45, 2.75) is 55.9 Å². The Morgan fingerprint density at radius 3 is 2.57 bits per heavy atom. The van der Waals surface area contributed by atoms with E-state index in [1.807, 2.05) is 0 Å². The predicted octanol–water partition coefficient (Wildman–Crippen LogP) is -0.598. The summed E-state index contributed by atoms with van der Waals surface area (Å²) in [6, 6.07) is 2.68.